The molecule has 1 aliphatic rings. The van der Waals surface area contributed by atoms with Crippen molar-refractivity contribution in [2.45, 2.75) is 38.0 Å². The van der Waals surface area contributed by atoms with E-state index in [-0.39, 0.29) is 35.3 Å². The van der Waals surface area contributed by atoms with Crippen LogP contribution in [0.1, 0.15) is 42.8 Å². The van der Waals surface area contributed by atoms with Crippen LogP contribution in [0.15, 0.2) is 27.7 Å². The maximum Gasteiger partial charge on any atom is 0.297 e. The molecule has 10 nitrogen and oxygen atoms in total. The fourth-order valence-corrected chi connectivity index (χ4v) is 4.73. The van der Waals surface area contributed by atoms with Gasteiger partial charge >= 0.3 is 0 Å². The van der Waals surface area contributed by atoms with Crippen molar-refractivity contribution in [3.8, 4) is 0 Å². The SMILES string of the molecule is Cc1nc(C(=O)Nc2ccc(F)c(C3(C)CN(C)S(=O)(=O)C(C)(C)C(N)=N3)c2)no1. The summed E-state index contributed by atoms with van der Waals surface area (Å²) in [5.74, 6) is -1.34. The number of rotatable bonds is 3. The van der Waals surface area contributed by atoms with Crippen molar-refractivity contribution < 1.29 is 22.1 Å². The van der Waals surface area contributed by atoms with Crippen LogP contribution in [0.25, 0.3) is 0 Å². The molecule has 1 atom stereocenters. The minimum atomic E-state index is -3.82. The Morgan fingerprint density at radius 2 is 2.00 bits per heavy atom. The normalized spacial score (nSPS) is 23.5. The van der Waals surface area contributed by atoms with Gasteiger partial charge in [0, 0.05) is 31.8 Å². The lowest BCUT2D eigenvalue weighted by Gasteiger charge is -2.29. The number of aryl methyl sites for hydroxylation is 1. The second-order valence-electron chi connectivity index (χ2n) is 7.83. The number of carbonyl (C=O) groups is 1. The van der Waals surface area contributed by atoms with E-state index >= 15 is 0 Å². The Morgan fingerprint density at radius 1 is 1.33 bits per heavy atom. The Morgan fingerprint density at radius 3 is 2.60 bits per heavy atom. The van der Waals surface area contributed by atoms with Gasteiger partial charge in [0.2, 0.25) is 15.9 Å². The van der Waals surface area contributed by atoms with Crippen LogP contribution < -0.4 is 11.1 Å². The molecule has 1 amide bonds. The Balaban J connectivity index is 2.03. The average Bonchev–Trinajstić information content (AvgIpc) is 3.07. The molecule has 2 aromatic rings. The third-order valence-corrected chi connectivity index (χ3v) is 7.55. The molecule has 3 rings (SSSR count). The molecule has 0 saturated carbocycles. The number of hydrogen-bond donors (Lipinski definition) is 2. The van der Waals surface area contributed by atoms with Crippen molar-refractivity contribution in [3.05, 3.63) is 41.3 Å². The van der Waals surface area contributed by atoms with Crippen LogP contribution in [-0.2, 0) is 15.6 Å². The van der Waals surface area contributed by atoms with Gasteiger partial charge in [-0.3, -0.25) is 9.79 Å². The Hall–Kier alpha value is -2.86. The summed E-state index contributed by atoms with van der Waals surface area (Å²) in [7, 11) is -2.43. The average molecular weight is 438 g/mol. The molecule has 1 aliphatic heterocycles. The highest BCUT2D eigenvalue weighted by atomic mass is 32.2. The number of nitrogens with one attached hydrogen (secondary N) is 1. The summed E-state index contributed by atoms with van der Waals surface area (Å²) >= 11 is 0. The van der Waals surface area contributed by atoms with E-state index in [1.54, 1.807) is 13.8 Å². The number of benzene rings is 1. The molecule has 1 aromatic heterocycles. The van der Waals surface area contributed by atoms with Gasteiger partial charge in [0.1, 0.15) is 21.9 Å². The van der Waals surface area contributed by atoms with Crippen molar-refractivity contribution in [3.63, 3.8) is 0 Å². The Labute approximate surface area is 173 Å². The van der Waals surface area contributed by atoms with E-state index in [1.807, 2.05) is 0 Å². The summed E-state index contributed by atoms with van der Waals surface area (Å²) in [6, 6.07) is 3.91. The van der Waals surface area contributed by atoms with E-state index in [0.29, 0.717) is 0 Å². The number of nitrogens with zero attached hydrogens (tertiary/aromatic N) is 4. The zero-order valence-corrected chi connectivity index (χ0v) is 18.0. The van der Waals surface area contributed by atoms with Gasteiger partial charge in [-0.25, -0.2) is 17.1 Å². The van der Waals surface area contributed by atoms with Crippen molar-refractivity contribution in [2.24, 2.45) is 10.7 Å². The second kappa shape index (κ2) is 7.13. The molecule has 3 N–H and O–H groups in total. The molecule has 0 radical (unpaired) electrons. The van der Waals surface area contributed by atoms with Gasteiger partial charge in [0.15, 0.2) is 0 Å². The van der Waals surface area contributed by atoms with Gasteiger partial charge in [0.25, 0.3) is 11.7 Å². The first-order chi connectivity index (χ1) is 13.8. The van der Waals surface area contributed by atoms with Crippen LogP contribution in [0.3, 0.4) is 0 Å². The van der Waals surface area contributed by atoms with E-state index in [1.165, 1.54) is 33.0 Å². The summed E-state index contributed by atoms with van der Waals surface area (Å²) in [5.41, 5.74) is 5.04. The van der Waals surface area contributed by atoms with E-state index < -0.39 is 32.0 Å². The number of hydrogen-bond acceptors (Lipinski definition) is 8. The molecule has 2 heterocycles. The van der Waals surface area contributed by atoms with Gasteiger partial charge in [-0.2, -0.15) is 4.98 Å². The monoisotopic (exact) mass is 438 g/mol. The minimum absolute atomic E-state index is 0.0762. The number of aromatic nitrogens is 2. The maximum absolute atomic E-state index is 14.8. The van der Waals surface area contributed by atoms with Crippen molar-refractivity contribution in [1.29, 1.82) is 0 Å². The highest BCUT2D eigenvalue weighted by Crippen LogP contribution is 2.36. The molecular formula is C18H23FN6O4S. The molecule has 30 heavy (non-hydrogen) atoms. The topological polar surface area (TPSA) is 144 Å². The lowest BCUT2D eigenvalue weighted by atomic mass is 9.91. The maximum atomic E-state index is 14.8. The number of amides is 1. The van der Waals surface area contributed by atoms with E-state index in [4.69, 9.17) is 10.3 Å². The van der Waals surface area contributed by atoms with Crippen molar-refractivity contribution in [1.82, 2.24) is 14.4 Å². The van der Waals surface area contributed by atoms with Crippen molar-refractivity contribution in [2.75, 3.05) is 18.9 Å². The van der Waals surface area contributed by atoms with Crippen LogP contribution in [0, 0.1) is 12.7 Å². The summed E-state index contributed by atoms with van der Waals surface area (Å²) < 4.78 is 44.9. The fourth-order valence-electron chi connectivity index (χ4n) is 3.22. The number of aliphatic imine (C=N–C) groups is 1. The molecular weight excluding hydrogens is 415 g/mol. The zero-order chi connectivity index (χ0) is 22.5. The predicted molar refractivity (Wildman–Crippen MR) is 108 cm³/mol. The van der Waals surface area contributed by atoms with Crippen LogP contribution in [0.2, 0.25) is 0 Å². The van der Waals surface area contributed by atoms with Gasteiger partial charge in [-0.1, -0.05) is 5.16 Å². The Bertz CT molecular complexity index is 1140. The molecule has 162 valence electrons. The van der Waals surface area contributed by atoms with E-state index in [9.17, 15) is 17.6 Å². The smallest absolute Gasteiger partial charge is 0.297 e. The zero-order valence-electron chi connectivity index (χ0n) is 17.2. The minimum Gasteiger partial charge on any atom is -0.386 e. The molecule has 0 fully saturated rings. The van der Waals surface area contributed by atoms with Crippen LogP contribution in [0.5, 0.6) is 0 Å². The third kappa shape index (κ3) is 3.56. The molecule has 1 aromatic carbocycles. The van der Waals surface area contributed by atoms with Crippen LogP contribution in [0.4, 0.5) is 10.1 Å². The first kappa shape index (κ1) is 21.8. The first-order valence-corrected chi connectivity index (χ1v) is 10.5. The van der Waals surface area contributed by atoms with E-state index in [2.05, 4.69) is 20.4 Å². The third-order valence-electron chi connectivity index (χ3n) is 5.10. The molecule has 0 aliphatic carbocycles. The largest absolute Gasteiger partial charge is 0.386 e. The van der Waals surface area contributed by atoms with E-state index in [0.717, 1.165) is 10.4 Å². The molecule has 1 unspecified atom stereocenters. The number of likely N-dealkylation sites (N-methyl/N-ethyl adjacent to an activating group) is 1. The van der Waals surface area contributed by atoms with Crippen LogP contribution in [-0.4, -0.2) is 52.9 Å². The molecule has 0 spiro atoms. The number of anilines is 1. The highest BCUT2D eigenvalue weighted by Gasteiger charge is 2.48. The highest BCUT2D eigenvalue weighted by molar-refractivity contribution is 7.91. The second-order valence-corrected chi connectivity index (χ2v) is 10.4. The first-order valence-electron chi connectivity index (χ1n) is 9.01. The number of amidine groups is 1. The summed E-state index contributed by atoms with van der Waals surface area (Å²) in [6.07, 6.45) is 0. The number of sulfonamides is 1. The summed E-state index contributed by atoms with van der Waals surface area (Å²) in [6.45, 7) is 5.88. The van der Waals surface area contributed by atoms with Gasteiger partial charge in [0.05, 0.1) is 0 Å². The van der Waals surface area contributed by atoms with Gasteiger partial charge < -0.3 is 15.6 Å². The number of carbonyl (C=O) groups excluding carboxylic acids is 1. The lowest BCUT2D eigenvalue weighted by molar-refractivity contribution is 0.101. The van der Waals surface area contributed by atoms with Crippen molar-refractivity contribution >= 4 is 27.5 Å². The fraction of sp³-hybridized carbons (Fsp3) is 0.444. The Kier molecular flexibility index (Phi) is 5.19. The number of halogens is 1. The van der Waals surface area contributed by atoms with Gasteiger partial charge in [-0.15, -0.1) is 0 Å². The summed E-state index contributed by atoms with van der Waals surface area (Å²) in [5, 5.41) is 6.10. The summed E-state index contributed by atoms with van der Waals surface area (Å²) in [4.78, 5) is 20.5. The van der Waals surface area contributed by atoms with Crippen LogP contribution >= 0.6 is 0 Å². The quantitative estimate of drug-likeness (QED) is 0.737. The molecule has 0 bridgehead atoms. The predicted octanol–water partition coefficient (Wildman–Crippen LogP) is 1.40. The number of nitrogens with two attached hydrogens (primary N) is 1. The lowest BCUT2D eigenvalue weighted by Crippen LogP contribution is -2.50. The molecule has 12 heteroatoms. The standard InChI is InChI=1S/C18H23FN6O4S/c1-10-21-14(24-29-10)15(26)22-11-6-7-13(19)12(8-11)18(4)9-25(5)30(27,28)17(2,3)16(20)23-18/h6-8H,9H2,1-5H3,(H2,20,23)(H,22,26). The van der Waals surface area contributed by atoms with Gasteiger partial charge in [-0.05, 0) is 39.0 Å². The molecule has 0 saturated heterocycles.